The molecule has 0 amide bonds. The van der Waals surface area contributed by atoms with Gasteiger partial charge in [-0.15, -0.1) is 22.7 Å². The number of aromatic nitrogens is 6. The highest BCUT2D eigenvalue weighted by atomic mass is 32.1. The van der Waals surface area contributed by atoms with Crippen LogP contribution >= 0.6 is 57.1 Å². The fraction of sp³-hybridized carbons (Fsp3) is 0.706. The largest absolute Gasteiger partial charge is 0.214 e. The Balaban J connectivity index is 1.05. The molecular formula is C68H104N6S5. The van der Waals surface area contributed by atoms with Crippen LogP contribution in [0.5, 0.6) is 0 Å². The molecule has 0 saturated heterocycles. The van der Waals surface area contributed by atoms with Gasteiger partial charge in [0.1, 0.15) is 21.0 Å². The van der Waals surface area contributed by atoms with E-state index in [1.165, 1.54) is 300 Å². The molecule has 6 heterocycles. The molecular weight excluding hydrogens is 1060 g/mol. The first-order valence-corrected chi connectivity index (χ1v) is 37.0. The molecule has 11 heteroatoms. The summed E-state index contributed by atoms with van der Waals surface area (Å²) in [6, 6.07) is 11.4. The molecule has 0 saturated carbocycles. The quantitative estimate of drug-likeness (QED) is 0.0354. The van der Waals surface area contributed by atoms with Crippen molar-refractivity contribution in [1.29, 1.82) is 0 Å². The summed E-state index contributed by atoms with van der Waals surface area (Å²) in [4.78, 5) is 26.8. The molecule has 436 valence electrons. The topological polar surface area (TPSA) is 77.3 Å². The maximum absolute atomic E-state index is 5.37. The van der Waals surface area contributed by atoms with Crippen molar-refractivity contribution in [3.8, 4) is 30.2 Å². The van der Waals surface area contributed by atoms with E-state index in [1.54, 1.807) is 22.7 Å². The molecule has 2 atom stereocenters. The third-order valence-electron chi connectivity index (χ3n) is 17.0. The Hall–Kier alpha value is -2.70. The van der Waals surface area contributed by atoms with Crippen molar-refractivity contribution in [2.75, 3.05) is 0 Å². The van der Waals surface area contributed by atoms with E-state index in [2.05, 4.69) is 67.8 Å². The maximum Gasteiger partial charge on any atom is 0.191 e. The summed E-state index contributed by atoms with van der Waals surface area (Å²) in [5.74, 6) is 1.39. The van der Waals surface area contributed by atoms with E-state index >= 15 is 0 Å². The number of unbranched alkanes of at least 4 members (excludes halogenated alkanes) is 32. The van der Waals surface area contributed by atoms with Gasteiger partial charge in [-0.25, -0.2) is 19.9 Å². The Labute approximate surface area is 500 Å². The van der Waals surface area contributed by atoms with Crippen LogP contribution in [0.2, 0.25) is 0 Å². The van der Waals surface area contributed by atoms with Crippen molar-refractivity contribution in [2.45, 2.75) is 297 Å². The molecule has 0 spiro atoms. The minimum Gasteiger partial charge on any atom is -0.214 e. The number of benzene rings is 1. The zero-order valence-electron chi connectivity index (χ0n) is 50.0. The first-order valence-electron chi connectivity index (χ1n) is 32.9. The average molecular weight is 1170 g/mol. The van der Waals surface area contributed by atoms with E-state index in [1.807, 2.05) is 22.7 Å². The molecule has 0 fully saturated rings. The summed E-state index contributed by atoms with van der Waals surface area (Å²) in [6.45, 7) is 9.27. The van der Waals surface area contributed by atoms with E-state index in [-0.39, 0.29) is 0 Å². The number of thiazole rings is 2. The van der Waals surface area contributed by atoms with Crippen molar-refractivity contribution in [3.05, 3.63) is 46.8 Å². The number of fused-ring (bicyclic) bond motifs is 3. The third kappa shape index (κ3) is 22.1. The second-order valence-electron chi connectivity index (χ2n) is 23.8. The zero-order valence-corrected chi connectivity index (χ0v) is 54.1. The predicted octanol–water partition coefficient (Wildman–Crippen LogP) is 24.8. The molecule has 0 aliphatic rings. The van der Waals surface area contributed by atoms with Crippen LogP contribution in [0.15, 0.2) is 35.7 Å². The fourth-order valence-electron chi connectivity index (χ4n) is 12.2. The summed E-state index contributed by atoms with van der Waals surface area (Å²) in [5, 5.41) is 4.41. The van der Waals surface area contributed by atoms with Gasteiger partial charge in [-0.2, -0.15) is 8.75 Å². The average Bonchev–Trinajstić information content (AvgIpc) is 4.51. The fourth-order valence-corrected chi connectivity index (χ4v) is 16.9. The van der Waals surface area contributed by atoms with E-state index in [0.29, 0.717) is 5.92 Å². The number of rotatable bonds is 47. The van der Waals surface area contributed by atoms with Crippen molar-refractivity contribution in [2.24, 2.45) is 11.8 Å². The lowest BCUT2D eigenvalue weighted by atomic mass is 9.88. The standard InChI is InChI=1S/C68H104N6S5/c1-5-9-13-17-21-25-27-31-35-38-43-53(42-37-33-29-23-19-15-11-7-3)50-55-48-49-75-61(55)65-69-63-67(77-65)72-64-68(71-63)78-66(70-64)62-56(52-59(76-62)57-46-41-47-58-60(57)74-79-73-58)51-54(44-39-34-30-24-20-16-12-8-4)45-40-36-32-28-26-22-18-14-10-6-2/h41,46-49,52-54H,5-40,42-45,50-51H2,1-4H3. The van der Waals surface area contributed by atoms with Gasteiger partial charge >= 0.3 is 0 Å². The van der Waals surface area contributed by atoms with Gasteiger partial charge in [0.25, 0.3) is 0 Å². The summed E-state index contributed by atoms with van der Waals surface area (Å²) in [5.41, 5.74) is 7.58. The Morgan fingerprint density at radius 3 is 1.24 bits per heavy atom. The molecule has 7 rings (SSSR count). The Morgan fingerprint density at radius 2 is 0.797 bits per heavy atom. The summed E-state index contributed by atoms with van der Waals surface area (Å²) < 4.78 is 9.44. The van der Waals surface area contributed by atoms with Gasteiger partial charge in [0.2, 0.25) is 0 Å². The SMILES string of the molecule is CCCCCCCCCCCCC(CCCCCCCCCC)Cc1ccsc1-c1nc2nc3sc(-c4sc(-c5cccc6nsnc56)cc4CC(CCCCCCCCCC)CCCCCCCCCCCC)nc3nc2s1. The lowest BCUT2D eigenvalue weighted by Gasteiger charge is -2.17. The van der Waals surface area contributed by atoms with Crippen LogP contribution < -0.4 is 0 Å². The molecule has 2 unspecified atom stereocenters. The molecule has 7 aromatic rings. The van der Waals surface area contributed by atoms with Crippen molar-refractivity contribution < 1.29 is 0 Å². The highest BCUT2D eigenvalue weighted by Gasteiger charge is 2.24. The first kappa shape index (κ1) is 63.9. The molecule has 6 aromatic heterocycles. The minimum absolute atomic E-state index is 0.660. The maximum atomic E-state index is 5.37. The van der Waals surface area contributed by atoms with Crippen molar-refractivity contribution in [3.63, 3.8) is 0 Å². The molecule has 0 aliphatic carbocycles. The lowest BCUT2D eigenvalue weighted by molar-refractivity contribution is 0.400. The minimum atomic E-state index is 0.660. The Morgan fingerprint density at radius 1 is 0.392 bits per heavy atom. The van der Waals surface area contributed by atoms with Crippen LogP contribution in [0.3, 0.4) is 0 Å². The predicted molar refractivity (Wildman–Crippen MR) is 353 cm³/mol. The molecule has 6 nitrogen and oxygen atoms in total. The van der Waals surface area contributed by atoms with Crippen LogP contribution in [0.25, 0.3) is 62.2 Å². The Bertz CT molecular complexity index is 2620. The summed E-state index contributed by atoms with van der Waals surface area (Å²) in [6.07, 6.45) is 57.4. The smallest absolute Gasteiger partial charge is 0.191 e. The first-order chi connectivity index (χ1) is 39.1. The Kier molecular flexibility index (Phi) is 30.9. The normalized spacial score (nSPS) is 12.8. The van der Waals surface area contributed by atoms with Crippen molar-refractivity contribution in [1.82, 2.24) is 28.7 Å². The van der Waals surface area contributed by atoms with Crippen LogP contribution in [0.4, 0.5) is 0 Å². The van der Waals surface area contributed by atoms with Crippen LogP contribution in [0.1, 0.15) is 296 Å². The number of hydrogen-bond donors (Lipinski definition) is 0. The van der Waals surface area contributed by atoms with E-state index in [4.69, 9.17) is 24.3 Å². The summed E-state index contributed by atoms with van der Waals surface area (Å²) >= 11 is 8.47. The summed E-state index contributed by atoms with van der Waals surface area (Å²) in [7, 11) is 0. The van der Waals surface area contributed by atoms with Crippen LogP contribution in [-0.4, -0.2) is 28.7 Å². The zero-order chi connectivity index (χ0) is 55.0. The number of nitrogens with zero attached hydrogens (tertiary/aromatic N) is 6. The second-order valence-corrected chi connectivity index (χ2v) is 28.3. The third-order valence-corrected chi connectivity index (χ3v) is 21.9. The molecule has 0 N–H and O–H groups in total. The molecule has 0 radical (unpaired) electrons. The monoisotopic (exact) mass is 1160 g/mol. The van der Waals surface area contributed by atoms with E-state index < -0.39 is 0 Å². The van der Waals surface area contributed by atoms with Crippen LogP contribution in [-0.2, 0) is 12.8 Å². The molecule has 0 aliphatic heterocycles. The lowest BCUT2D eigenvalue weighted by Crippen LogP contribution is -2.05. The van der Waals surface area contributed by atoms with E-state index in [0.717, 1.165) is 60.8 Å². The second kappa shape index (κ2) is 38.2. The highest BCUT2D eigenvalue weighted by Crippen LogP contribution is 2.45. The van der Waals surface area contributed by atoms with Gasteiger partial charge < -0.3 is 0 Å². The highest BCUT2D eigenvalue weighted by molar-refractivity contribution is 7.27. The van der Waals surface area contributed by atoms with Gasteiger partial charge in [-0.05, 0) is 59.4 Å². The van der Waals surface area contributed by atoms with Gasteiger partial charge in [0.05, 0.1) is 21.5 Å². The number of thiophene rings is 2. The molecule has 0 bridgehead atoms. The van der Waals surface area contributed by atoms with Gasteiger partial charge in [0.15, 0.2) is 21.0 Å². The van der Waals surface area contributed by atoms with Gasteiger partial charge in [0, 0.05) is 10.4 Å². The number of hydrogen-bond acceptors (Lipinski definition) is 11. The van der Waals surface area contributed by atoms with Gasteiger partial charge in [-0.1, -0.05) is 319 Å². The molecule has 1 aromatic carbocycles. The van der Waals surface area contributed by atoms with E-state index in [9.17, 15) is 0 Å². The van der Waals surface area contributed by atoms with Gasteiger partial charge in [-0.3, -0.25) is 0 Å². The van der Waals surface area contributed by atoms with Crippen LogP contribution in [0, 0.1) is 11.8 Å². The van der Waals surface area contributed by atoms with Crippen molar-refractivity contribution >= 4 is 89.1 Å². The molecule has 79 heavy (non-hydrogen) atoms.